The molecule has 0 saturated heterocycles. The average Bonchev–Trinajstić information content (AvgIpc) is 3.14. The van der Waals surface area contributed by atoms with E-state index in [4.69, 9.17) is 14.7 Å². The zero-order valence-corrected chi connectivity index (χ0v) is 16.6. The van der Waals surface area contributed by atoms with E-state index in [9.17, 15) is 0 Å². The van der Waals surface area contributed by atoms with Gasteiger partial charge in [0, 0.05) is 48.0 Å². The number of rotatable bonds is 5. The molecule has 0 aliphatic heterocycles. The maximum Gasteiger partial charge on any atom is 0.214 e. The number of fused-ring (bicyclic) bond motifs is 1. The minimum atomic E-state index is -0.272. The third-order valence-electron chi connectivity index (χ3n) is 4.54. The maximum absolute atomic E-state index is 5.87. The molecule has 6 nitrogen and oxygen atoms in total. The molecule has 0 aromatic carbocycles. The summed E-state index contributed by atoms with van der Waals surface area (Å²) in [5.41, 5.74) is 4.20. The molecule has 3 heterocycles. The minimum Gasteiger partial charge on any atom is -0.472 e. The van der Waals surface area contributed by atoms with Crippen molar-refractivity contribution in [2.75, 3.05) is 5.32 Å². The molecular formula is C22H25N5O. The first-order chi connectivity index (χ1) is 13.5. The third kappa shape index (κ3) is 4.27. The number of anilines is 1. The quantitative estimate of drug-likeness (QED) is 0.720. The van der Waals surface area contributed by atoms with E-state index in [2.05, 4.69) is 15.3 Å². The van der Waals surface area contributed by atoms with Crippen LogP contribution >= 0.6 is 0 Å². The van der Waals surface area contributed by atoms with E-state index in [1.54, 1.807) is 18.6 Å². The highest BCUT2D eigenvalue weighted by Crippen LogP contribution is 2.29. The predicted molar refractivity (Wildman–Crippen MR) is 109 cm³/mol. The molecule has 1 aliphatic carbocycles. The Balaban J connectivity index is 1.57. The van der Waals surface area contributed by atoms with E-state index < -0.39 is 0 Å². The van der Waals surface area contributed by atoms with Gasteiger partial charge in [-0.25, -0.2) is 15.0 Å². The molecule has 0 atom stereocenters. The zero-order chi connectivity index (χ0) is 19.6. The summed E-state index contributed by atoms with van der Waals surface area (Å²) < 4.78 is 5.87. The molecule has 0 radical (unpaired) electrons. The molecule has 0 spiro atoms. The lowest BCUT2D eigenvalue weighted by Gasteiger charge is -2.20. The van der Waals surface area contributed by atoms with Crippen molar-refractivity contribution in [3.05, 3.63) is 59.7 Å². The molecule has 0 saturated carbocycles. The van der Waals surface area contributed by atoms with Crippen molar-refractivity contribution < 1.29 is 4.74 Å². The van der Waals surface area contributed by atoms with Gasteiger partial charge in [0.25, 0.3) is 0 Å². The van der Waals surface area contributed by atoms with Gasteiger partial charge in [0.1, 0.15) is 11.4 Å². The smallest absolute Gasteiger partial charge is 0.214 e. The first kappa shape index (κ1) is 18.3. The Bertz CT molecular complexity index is 966. The molecule has 28 heavy (non-hydrogen) atoms. The Morgan fingerprint density at radius 2 is 1.86 bits per heavy atom. The molecule has 0 bridgehead atoms. The van der Waals surface area contributed by atoms with Gasteiger partial charge in [0.15, 0.2) is 5.82 Å². The average molecular weight is 375 g/mol. The number of aryl methyl sites for hydroxylation is 1. The summed E-state index contributed by atoms with van der Waals surface area (Å²) in [4.78, 5) is 18.0. The molecular weight excluding hydrogens is 350 g/mol. The molecule has 1 N–H and O–H groups in total. The number of hydrogen-bond donors (Lipinski definition) is 1. The van der Waals surface area contributed by atoms with Crippen molar-refractivity contribution in [3.8, 4) is 17.3 Å². The van der Waals surface area contributed by atoms with Crippen LogP contribution in [0.2, 0.25) is 0 Å². The van der Waals surface area contributed by atoms with Crippen molar-refractivity contribution in [1.82, 2.24) is 19.9 Å². The molecule has 0 amide bonds. The highest BCUT2D eigenvalue weighted by Gasteiger charge is 2.20. The summed E-state index contributed by atoms with van der Waals surface area (Å²) in [7, 11) is 0. The lowest BCUT2D eigenvalue weighted by molar-refractivity contribution is 0.124. The van der Waals surface area contributed by atoms with Gasteiger partial charge in [0.2, 0.25) is 5.88 Å². The van der Waals surface area contributed by atoms with Gasteiger partial charge in [-0.05, 0) is 63.8 Å². The number of nitrogens with one attached hydrogen (secondary N) is 1. The van der Waals surface area contributed by atoms with E-state index in [0.29, 0.717) is 12.4 Å². The molecule has 0 unspecified atom stereocenters. The highest BCUT2D eigenvalue weighted by atomic mass is 16.5. The van der Waals surface area contributed by atoms with Crippen LogP contribution in [0.3, 0.4) is 0 Å². The van der Waals surface area contributed by atoms with E-state index >= 15 is 0 Å². The standard InChI is InChI=1S/C22H25N5O/c1-22(2,3)28-19-13-15(7-12-24-19)14-25-21-17-5-4-6-18(17)26-20(27-21)16-8-10-23-11-9-16/h7-13H,4-6,14H2,1-3H3,(H,25,26,27). The molecule has 144 valence electrons. The molecule has 3 aromatic heterocycles. The molecule has 3 aromatic rings. The van der Waals surface area contributed by atoms with E-state index in [1.165, 1.54) is 5.56 Å². The summed E-state index contributed by atoms with van der Waals surface area (Å²) in [5, 5.41) is 3.51. The summed E-state index contributed by atoms with van der Waals surface area (Å²) in [6, 6.07) is 7.86. The summed E-state index contributed by atoms with van der Waals surface area (Å²) in [6.45, 7) is 6.71. The van der Waals surface area contributed by atoms with Crippen LogP contribution in [0.4, 0.5) is 5.82 Å². The minimum absolute atomic E-state index is 0.272. The Morgan fingerprint density at radius 3 is 2.64 bits per heavy atom. The second-order valence-corrected chi connectivity index (χ2v) is 7.98. The first-order valence-corrected chi connectivity index (χ1v) is 9.66. The largest absolute Gasteiger partial charge is 0.472 e. The fraction of sp³-hybridized carbons (Fsp3) is 0.364. The van der Waals surface area contributed by atoms with E-state index in [0.717, 1.165) is 47.7 Å². The summed E-state index contributed by atoms with van der Waals surface area (Å²) in [6.07, 6.45) is 8.47. The van der Waals surface area contributed by atoms with Crippen molar-refractivity contribution in [1.29, 1.82) is 0 Å². The Labute approximate surface area is 165 Å². The van der Waals surface area contributed by atoms with Crippen LogP contribution in [0.1, 0.15) is 44.0 Å². The SMILES string of the molecule is CC(C)(C)Oc1cc(CNc2nc(-c3ccncc3)nc3c2CCC3)ccn1. The molecule has 0 fully saturated rings. The Morgan fingerprint density at radius 1 is 1.04 bits per heavy atom. The van der Waals surface area contributed by atoms with Crippen molar-refractivity contribution >= 4 is 5.82 Å². The fourth-order valence-electron chi connectivity index (χ4n) is 3.32. The van der Waals surface area contributed by atoms with Crippen LogP contribution in [-0.2, 0) is 19.4 Å². The molecule has 6 heteroatoms. The highest BCUT2D eigenvalue weighted by molar-refractivity contribution is 5.60. The van der Waals surface area contributed by atoms with Crippen LogP contribution in [0, 0.1) is 0 Å². The van der Waals surface area contributed by atoms with E-state index in [1.807, 2.05) is 45.0 Å². The van der Waals surface area contributed by atoms with Gasteiger partial charge in [0.05, 0.1) is 0 Å². The van der Waals surface area contributed by atoms with E-state index in [-0.39, 0.29) is 5.60 Å². The van der Waals surface area contributed by atoms with Crippen LogP contribution < -0.4 is 10.1 Å². The van der Waals surface area contributed by atoms with Crippen molar-refractivity contribution in [2.24, 2.45) is 0 Å². The van der Waals surface area contributed by atoms with Gasteiger partial charge in [-0.3, -0.25) is 4.98 Å². The number of pyridine rings is 2. The van der Waals surface area contributed by atoms with Crippen LogP contribution in [0.15, 0.2) is 42.9 Å². The Hall–Kier alpha value is -3.02. The number of aromatic nitrogens is 4. The number of ether oxygens (including phenoxy) is 1. The second-order valence-electron chi connectivity index (χ2n) is 7.98. The topological polar surface area (TPSA) is 72.8 Å². The molecule has 4 rings (SSSR count). The van der Waals surface area contributed by atoms with Crippen LogP contribution in [0.25, 0.3) is 11.4 Å². The predicted octanol–water partition coefficient (Wildman–Crippen LogP) is 4.21. The zero-order valence-electron chi connectivity index (χ0n) is 16.6. The Kier molecular flexibility index (Phi) is 4.94. The van der Waals surface area contributed by atoms with Crippen LogP contribution in [0.5, 0.6) is 5.88 Å². The van der Waals surface area contributed by atoms with Gasteiger partial charge in [-0.15, -0.1) is 0 Å². The normalized spacial score (nSPS) is 13.2. The second kappa shape index (κ2) is 7.54. The van der Waals surface area contributed by atoms with Crippen molar-refractivity contribution in [2.45, 2.75) is 52.2 Å². The summed E-state index contributed by atoms with van der Waals surface area (Å²) >= 11 is 0. The lowest BCUT2D eigenvalue weighted by atomic mass is 10.2. The van der Waals surface area contributed by atoms with Gasteiger partial charge < -0.3 is 10.1 Å². The third-order valence-corrected chi connectivity index (χ3v) is 4.54. The van der Waals surface area contributed by atoms with Gasteiger partial charge >= 0.3 is 0 Å². The van der Waals surface area contributed by atoms with Crippen molar-refractivity contribution in [3.63, 3.8) is 0 Å². The van der Waals surface area contributed by atoms with Gasteiger partial charge in [-0.1, -0.05) is 0 Å². The molecule has 1 aliphatic rings. The maximum atomic E-state index is 5.87. The van der Waals surface area contributed by atoms with Crippen LogP contribution in [-0.4, -0.2) is 25.5 Å². The summed E-state index contributed by atoms with van der Waals surface area (Å²) in [5.74, 6) is 2.30. The fourth-order valence-corrected chi connectivity index (χ4v) is 3.32. The first-order valence-electron chi connectivity index (χ1n) is 9.66. The number of nitrogens with zero attached hydrogens (tertiary/aromatic N) is 4. The number of hydrogen-bond acceptors (Lipinski definition) is 6. The monoisotopic (exact) mass is 375 g/mol. The lowest BCUT2D eigenvalue weighted by Crippen LogP contribution is -2.23. The van der Waals surface area contributed by atoms with Gasteiger partial charge in [-0.2, -0.15) is 0 Å².